The van der Waals surface area contributed by atoms with Gasteiger partial charge < -0.3 is 14.6 Å². The van der Waals surface area contributed by atoms with E-state index in [1.54, 1.807) is 24.3 Å². The monoisotopic (exact) mass is 330 g/mol. The number of carboxylic acid groups (broad SMARTS) is 1. The fourth-order valence-electron chi connectivity index (χ4n) is 2.82. The van der Waals surface area contributed by atoms with Crippen LogP contribution in [0.5, 0.6) is 5.75 Å². The van der Waals surface area contributed by atoms with E-state index in [0.29, 0.717) is 22.8 Å². The summed E-state index contributed by atoms with van der Waals surface area (Å²) in [6.45, 7) is 3.79. The normalized spacial score (nSPS) is 22.7. The predicted molar refractivity (Wildman–Crippen MR) is 86.6 cm³/mol. The molecular formula is C18H15ClO4. The van der Waals surface area contributed by atoms with Crippen molar-refractivity contribution in [3.05, 3.63) is 77.3 Å². The quantitative estimate of drug-likeness (QED) is 0.861. The zero-order valence-electron chi connectivity index (χ0n) is 12.2. The number of hydrogen-bond acceptors (Lipinski definition) is 3. The highest BCUT2D eigenvalue weighted by molar-refractivity contribution is 6.30. The molecule has 5 heteroatoms. The first kappa shape index (κ1) is 15.6. The zero-order chi connectivity index (χ0) is 16.4. The Labute approximate surface area is 138 Å². The molecule has 0 fully saturated rings. The number of fused-ring (bicyclic) bond motifs is 1. The molecule has 0 saturated carbocycles. The minimum absolute atomic E-state index is 0.386. The van der Waals surface area contributed by atoms with Crippen LogP contribution in [-0.4, -0.2) is 17.4 Å². The molecule has 118 valence electrons. The summed E-state index contributed by atoms with van der Waals surface area (Å²) >= 11 is 6.14. The van der Waals surface area contributed by atoms with Gasteiger partial charge in [0.05, 0.1) is 0 Å². The molecule has 2 unspecified atom stereocenters. The zero-order valence-corrected chi connectivity index (χ0v) is 13.0. The number of halogens is 1. The van der Waals surface area contributed by atoms with Gasteiger partial charge >= 0.3 is 5.97 Å². The lowest BCUT2D eigenvalue weighted by molar-refractivity contribution is -0.204. The Bertz CT molecular complexity index is 744. The predicted octanol–water partition coefficient (Wildman–Crippen LogP) is 3.98. The Balaban J connectivity index is 2.26. The molecule has 0 aliphatic carbocycles. The molecule has 0 spiro atoms. The summed E-state index contributed by atoms with van der Waals surface area (Å²) in [4.78, 5) is 11.5. The van der Waals surface area contributed by atoms with Crippen molar-refractivity contribution in [2.45, 2.75) is 18.3 Å². The van der Waals surface area contributed by atoms with Gasteiger partial charge in [0.2, 0.25) is 0 Å². The molecule has 0 amide bonds. The second-order valence-electron chi connectivity index (χ2n) is 5.23. The third-order valence-corrected chi connectivity index (χ3v) is 4.03. The summed E-state index contributed by atoms with van der Waals surface area (Å²) in [6, 6.07) is 14.5. The van der Waals surface area contributed by atoms with Gasteiger partial charge in [-0.05, 0) is 23.8 Å². The maximum absolute atomic E-state index is 11.5. The molecule has 1 heterocycles. The Morgan fingerprint density at radius 1 is 1.30 bits per heavy atom. The number of ether oxygens (including phenoxy) is 2. The lowest BCUT2D eigenvalue weighted by Gasteiger charge is -2.41. The SMILES string of the molecule is C=CCC1(c2ccccc2)OC(C(=O)O)Oc2ccc(Cl)cc21. The van der Waals surface area contributed by atoms with E-state index in [-0.39, 0.29) is 0 Å². The first-order valence-electron chi connectivity index (χ1n) is 7.10. The standard InChI is InChI=1S/C18H15ClO4/c1-2-10-18(12-6-4-3-5-7-12)14-11-13(19)8-9-15(14)22-17(23-18)16(20)21/h2-9,11,17H,1,10H2,(H,20,21). The highest BCUT2D eigenvalue weighted by Gasteiger charge is 2.45. The van der Waals surface area contributed by atoms with Crippen molar-refractivity contribution in [1.82, 2.24) is 0 Å². The van der Waals surface area contributed by atoms with Crippen LogP contribution in [0.3, 0.4) is 0 Å². The smallest absolute Gasteiger partial charge is 0.373 e. The topological polar surface area (TPSA) is 55.8 Å². The van der Waals surface area contributed by atoms with Crippen LogP contribution in [-0.2, 0) is 15.1 Å². The second-order valence-corrected chi connectivity index (χ2v) is 5.67. The Kier molecular flexibility index (Phi) is 4.11. The van der Waals surface area contributed by atoms with Crippen molar-refractivity contribution in [3.63, 3.8) is 0 Å². The molecule has 1 aliphatic rings. The number of benzene rings is 2. The van der Waals surface area contributed by atoms with Crippen molar-refractivity contribution in [2.75, 3.05) is 0 Å². The van der Waals surface area contributed by atoms with Crippen molar-refractivity contribution in [3.8, 4) is 5.75 Å². The van der Waals surface area contributed by atoms with Crippen molar-refractivity contribution in [2.24, 2.45) is 0 Å². The molecule has 2 aromatic rings. The highest BCUT2D eigenvalue weighted by Crippen LogP contribution is 2.47. The first-order chi connectivity index (χ1) is 11.1. The Morgan fingerprint density at radius 2 is 2.04 bits per heavy atom. The Morgan fingerprint density at radius 3 is 2.70 bits per heavy atom. The van der Waals surface area contributed by atoms with Crippen LogP contribution in [0, 0.1) is 0 Å². The number of carboxylic acids is 1. The van der Waals surface area contributed by atoms with Gasteiger partial charge in [0.1, 0.15) is 11.4 Å². The van der Waals surface area contributed by atoms with Gasteiger partial charge in [-0.3, -0.25) is 0 Å². The molecule has 0 radical (unpaired) electrons. The minimum atomic E-state index is -1.40. The van der Waals surface area contributed by atoms with E-state index >= 15 is 0 Å². The van der Waals surface area contributed by atoms with Gasteiger partial charge in [0, 0.05) is 17.0 Å². The maximum Gasteiger partial charge on any atom is 0.373 e. The number of hydrogen-bond donors (Lipinski definition) is 1. The number of rotatable bonds is 4. The molecule has 2 atom stereocenters. The van der Waals surface area contributed by atoms with E-state index in [1.165, 1.54) is 0 Å². The van der Waals surface area contributed by atoms with E-state index in [0.717, 1.165) is 5.56 Å². The average molecular weight is 331 g/mol. The van der Waals surface area contributed by atoms with Gasteiger partial charge in [0.15, 0.2) is 0 Å². The largest absolute Gasteiger partial charge is 0.477 e. The summed E-state index contributed by atoms with van der Waals surface area (Å²) in [7, 11) is 0. The fraction of sp³-hybridized carbons (Fsp3) is 0.167. The van der Waals surface area contributed by atoms with Crippen molar-refractivity contribution >= 4 is 17.6 Å². The number of carbonyl (C=O) groups is 1. The summed E-state index contributed by atoms with van der Waals surface area (Å²) < 4.78 is 11.3. The molecule has 1 N–H and O–H groups in total. The van der Waals surface area contributed by atoms with Gasteiger partial charge in [-0.15, -0.1) is 6.58 Å². The van der Waals surface area contributed by atoms with E-state index in [4.69, 9.17) is 21.1 Å². The van der Waals surface area contributed by atoms with Crippen LogP contribution in [0.4, 0.5) is 0 Å². The van der Waals surface area contributed by atoms with Crippen LogP contribution in [0.15, 0.2) is 61.2 Å². The van der Waals surface area contributed by atoms with Gasteiger partial charge in [-0.25, -0.2) is 4.79 Å². The van der Waals surface area contributed by atoms with E-state index in [1.807, 2.05) is 30.3 Å². The lowest BCUT2D eigenvalue weighted by atomic mass is 9.82. The molecule has 1 aliphatic heterocycles. The molecule has 4 nitrogen and oxygen atoms in total. The Hall–Kier alpha value is -2.30. The molecule has 2 aromatic carbocycles. The van der Waals surface area contributed by atoms with Crippen molar-refractivity contribution in [1.29, 1.82) is 0 Å². The molecule has 3 rings (SSSR count). The van der Waals surface area contributed by atoms with Crippen LogP contribution in [0.2, 0.25) is 5.02 Å². The van der Waals surface area contributed by atoms with E-state index < -0.39 is 17.9 Å². The van der Waals surface area contributed by atoms with E-state index in [2.05, 4.69) is 6.58 Å². The van der Waals surface area contributed by atoms with Crippen LogP contribution in [0.1, 0.15) is 17.5 Å². The average Bonchev–Trinajstić information content (AvgIpc) is 2.56. The third kappa shape index (κ3) is 2.71. The molecule has 0 aromatic heterocycles. The van der Waals surface area contributed by atoms with Crippen LogP contribution < -0.4 is 4.74 Å². The van der Waals surface area contributed by atoms with Gasteiger partial charge in [-0.2, -0.15) is 0 Å². The summed E-state index contributed by atoms with van der Waals surface area (Å²) in [5.41, 5.74) is 0.497. The first-order valence-corrected chi connectivity index (χ1v) is 7.48. The molecule has 23 heavy (non-hydrogen) atoms. The van der Waals surface area contributed by atoms with Gasteiger partial charge in [-0.1, -0.05) is 48.0 Å². The number of aliphatic carboxylic acids is 1. The molecule has 0 bridgehead atoms. The minimum Gasteiger partial charge on any atom is -0.477 e. The van der Waals surface area contributed by atoms with Gasteiger partial charge in [0.25, 0.3) is 6.29 Å². The lowest BCUT2D eigenvalue weighted by Crippen LogP contribution is -2.45. The highest BCUT2D eigenvalue weighted by atomic mass is 35.5. The maximum atomic E-state index is 11.5. The van der Waals surface area contributed by atoms with Crippen LogP contribution >= 0.6 is 11.6 Å². The second kappa shape index (κ2) is 6.07. The van der Waals surface area contributed by atoms with E-state index in [9.17, 15) is 9.90 Å². The fourth-order valence-corrected chi connectivity index (χ4v) is 2.99. The summed E-state index contributed by atoms with van der Waals surface area (Å²) in [5.74, 6) is -0.742. The van der Waals surface area contributed by atoms with Crippen LogP contribution in [0.25, 0.3) is 0 Å². The van der Waals surface area contributed by atoms with Crippen molar-refractivity contribution < 1.29 is 19.4 Å². The third-order valence-electron chi connectivity index (χ3n) is 3.79. The molecular weight excluding hydrogens is 316 g/mol. The molecule has 0 saturated heterocycles. The summed E-state index contributed by atoms with van der Waals surface area (Å²) in [6.07, 6.45) is 0.684. The summed E-state index contributed by atoms with van der Waals surface area (Å²) in [5, 5.41) is 9.89.